The zero-order valence-corrected chi connectivity index (χ0v) is 21.7. The van der Waals surface area contributed by atoms with Crippen molar-refractivity contribution < 1.29 is 23.8 Å². The Labute approximate surface area is 212 Å². The molecule has 3 rings (SSSR count). The summed E-state index contributed by atoms with van der Waals surface area (Å²) in [4.78, 5) is 25.6. The maximum Gasteiger partial charge on any atom is 0.262 e. The molecular weight excluding hydrogens is 456 g/mol. The van der Waals surface area contributed by atoms with Gasteiger partial charge in [0.05, 0.1) is 19.9 Å². The molecular formula is C29H34N2O5. The van der Waals surface area contributed by atoms with Gasteiger partial charge < -0.3 is 24.8 Å². The van der Waals surface area contributed by atoms with Crippen LogP contribution >= 0.6 is 0 Å². The van der Waals surface area contributed by atoms with Crippen LogP contribution in [-0.4, -0.2) is 32.6 Å². The van der Waals surface area contributed by atoms with Gasteiger partial charge in [0.1, 0.15) is 5.75 Å². The number of carbonyl (C=O) groups is 2. The van der Waals surface area contributed by atoms with Crippen molar-refractivity contribution in [2.45, 2.75) is 39.5 Å². The Bertz CT molecular complexity index is 1190. The van der Waals surface area contributed by atoms with Crippen LogP contribution in [0.4, 0.5) is 11.4 Å². The van der Waals surface area contributed by atoms with Crippen molar-refractivity contribution in [3.05, 3.63) is 77.4 Å². The Balaban J connectivity index is 1.74. The second-order valence-corrected chi connectivity index (χ2v) is 8.98. The predicted octanol–water partition coefficient (Wildman–Crippen LogP) is 6.22. The van der Waals surface area contributed by atoms with Crippen molar-refractivity contribution in [1.82, 2.24) is 0 Å². The molecule has 2 amide bonds. The molecule has 0 atom stereocenters. The van der Waals surface area contributed by atoms with Crippen LogP contribution in [0.15, 0.2) is 60.7 Å². The molecule has 0 saturated carbocycles. The van der Waals surface area contributed by atoms with Crippen LogP contribution in [0.3, 0.4) is 0 Å². The van der Waals surface area contributed by atoms with Crippen LogP contribution in [0.25, 0.3) is 0 Å². The number of para-hydroxylation sites is 3. The highest BCUT2D eigenvalue weighted by atomic mass is 16.5. The molecule has 0 aliphatic carbocycles. The summed E-state index contributed by atoms with van der Waals surface area (Å²) in [6.07, 6.45) is 0. The highest BCUT2D eigenvalue weighted by molar-refractivity contribution is 6.05. The normalized spacial score (nSPS) is 10.8. The minimum atomic E-state index is -0.352. The smallest absolute Gasteiger partial charge is 0.262 e. The van der Waals surface area contributed by atoms with Crippen LogP contribution in [0.2, 0.25) is 0 Å². The summed E-state index contributed by atoms with van der Waals surface area (Å²) in [6, 6.07) is 18.1. The van der Waals surface area contributed by atoms with E-state index in [9.17, 15) is 9.59 Å². The molecule has 36 heavy (non-hydrogen) atoms. The van der Waals surface area contributed by atoms with Gasteiger partial charge in [-0.25, -0.2) is 0 Å². The lowest BCUT2D eigenvalue weighted by Crippen LogP contribution is -2.21. The first kappa shape index (κ1) is 26.6. The van der Waals surface area contributed by atoms with E-state index in [0.29, 0.717) is 28.5 Å². The fraction of sp³-hybridized carbons (Fsp3) is 0.310. The molecule has 0 aromatic heterocycles. The van der Waals surface area contributed by atoms with Crippen LogP contribution in [0.5, 0.6) is 17.2 Å². The molecule has 0 saturated heterocycles. The predicted molar refractivity (Wildman–Crippen MR) is 143 cm³/mol. The Kier molecular flexibility index (Phi) is 8.95. The number of anilines is 2. The molecule has 190 valence electrons. The van der Waals surface area contributed by atoms with Crippen molar-refractivity contribution in [2.75, 3.05) is 31.5 Å². The highest BCUT2D eigenvalue weighted by Gasteiger charge is 2.18. The second-order valence-electron chi connectivity index (χ2n) is 8.98. The summed E-state index contributed by atoms with van der Waals surface area (Å²) in [5.41, 5.74) is 3.99. The third kappa shape index (κ3) is 6.36. The molecule has 0 aliphatic heterocycles. The molecule has 0 fully saturated rings. The number of rotatable bonds is 10. The van der Waals surface area contributed by atoms with Gasteiger partial charge in [-0.1, -0.05) is 58.0 Å². The molecule has 0 unspecified atom stereocenters. The third-order valence-corrected chi connectivity index (χ3v) is 5.78. The first-order valence-electron chi connectivity index (χ1n) is 11.9. The van der Waals surface area contributed by atoms with Gasteiger partial charge in [-0.15, -0.1) is 0 Å². The largest absolute Gasteiger partial charge is 0.495 e. The van der Waals surface area contributed by atoms with E-state index in [-0.39, 0.29) is 30.3 Å². The summed E-state index contributed by atoms with van der Waals surface area (Å²) in [5.74, 6) is 1.18. The van der Waals surface area contributed by atoms with E-state index in [1.165, 1.54) is 14.2 Å². The molecule has 3 aromatic rings. The Morgan fingerprint density at radius 2 is 1.39 bits per heavy atom. The number of benzene rings is 3. The molecule has 0 radical (unpaired) electrons. The zero-order chi connectivity index (χ0) is 26.2. The molecule has 7 nitrogen and oxygen atoms in total. The average molecular weight is 491 g/mol. The lowest BCUT2D eigenvalue weighted by atomic mass is 9.92. The topological polar surface area (TPSA) is 85.9 Å². The van der Waals surface area contributed by atoms with Gasteiger partial charge in [0.25, 0.3) is 11.8 Å². The Morgan fingerprint density at radius 3 is 2.00 bits per heavy atom. The van der Waals surface area contributed by atoms with E-state index in [4.69, 9.17) is 14.2 Å². The van der Waals surface area contributed by atoms with E-state index in [0.717, 1.165) is 16.8 Å². The highest BCUT2D eigenvalue weighted by Crippen LogP contribution is 2.34. The maximum atomic E-state index is 13.2. The van der Waals surface area contributed by atoms with Gasteiger partial charge in [-0.05, 0) is 53.3 Å². The average Bonchev–Trinajstić information content (AvgIpc) is 2.87. The third-order valence-electron chi connectivity index (χ3n) is 5.78. The fourth-order valence-electron chi connectivity index (χ4n) is 3.89. The SMILES string of the molecule is COc1ccccc1NC(=O)COc1ccc(C(=O)Nc2c(C(C)C)cccc2C(C)C)cc1OC. The first-order chi connectivity index (χ1) is 17.2. The Hall–Kier alpha value is -4.00. The van der Waals surface area contributed by atoms with Crippen LogP contribution in [0.1, 0.15) is 61.0 Å². The summed E-state index contributed by atoms with van der Waals surface area (Å²) in [6.45, 7) is 8.19. The first-order valence-corrected chi connectivity index (χ1v) is 11.9. The van der Waals surface area contributed by atoms with Gasteiger partial charge in [0.2, 0.25) is 0 Å². The molecule has 3 aromatic carbocycles. The van der Waals surface area contributed by atoms with Crippen LogP contribution in [0, 0.1) is 0 Å². The standard InChI is InChI=1S/C29H34N2O5/c1-18(2)21-10-9-11-22(19(3)4)28(21)31-29(33)20-14-15-25(26(16-20)35-6)36-17-27(32)30-23-12-7-8-13-24(23)34-5/h7-16,18-19H,17H2,1-6H3,(H,30,32)(H,31,33). The van der Waals surface area contributed by atoms with Gasteiger partial charge >= 0.3 is 0 Å². The second kappa shape index (κ2) is 12.1. The van der Waals surface area contributed by atoms with Crippen molar-refractivity contribution in [3.8, 4) is 17.2 Å². The number of hydrogen-bond donors (Lipinski definition) is 2. The zero-order valence-electron chi connectivity index (χ0n) is 21.7. The van der Waals surface area contributed by atoms with E-state index in [1.807, 2.05) is 24.3 Å². The van der Waals surface area contributed by atoms with Crippen LogP contribution < -0.4 is 24.8 Å². The molecule has 0 aliphatic rings. The Morgan fingerprint density at radius 1 is 0.750 bits per heavy atom. The van der Waals surface area contributed by atoms with Gasteiger partial charge in [-0.2, -0.15) is 0 Å². The van der Waals surface area contributed by atoms with Gasteiger partial charge in [0.15, 0.2) is 18.1 Å². The molecule has 0 heterocycles. The number of methoxy groups -OCH3 is 2. The van der Waals surface area contributed by atoms with E-state index >= 15 is 0 Å². The molecule has 7 heteroatoms. The van der Waals surface area contributed by atoms with Gasteiger partial charge in [0, 0.05) is 11.3 Å². The van der Waals surface area contributed by atoms with Crippen molar-refractivity contribution >= 4 is 23.2 Å². The summed E-state index contributed by atoms with van der Waals surface area (Å²) in [5, 5.41) is 5.87. The van der Waals surface area contributed by atoms with E-state index in [2.05, 4.69) is 38.3 Å². The number of ether oxygens (including phenoxy) is 3. The van der Waals surface area contributed by atoms with Crippen molar-refractivity contribution in [1.29, 1.82) is 0 Å². The molecule has 2 N–H and O–H groups in total. The van der Waals surface area contributed by atoms with Crippen molar-refractivity contribution in [2.24, 2.45) is 0 Å². The fourth-order valence-corrected chi connectivity index (χ4v) is 3.89. The van der Waals surface area contributed by atoms with E-state index < -0.39 is 0 Å². The summed E-state index contributed by atoms with van der Waals surface area (Å²) in [7, 11) is 3.03. The maximum absolute atomic E-state index is 13.2. The van der Waals surface area contributed by atoms with Crippen LogP contribution in [-0.2, 0) is 4.79 Å². The number of hydrogen-bond acceptors (Lipinski definition) is 5. The lowest BCUT2D eigenvalue weighted by Gasteiger charge is -2.20. The monoisotopic (exact) mass is 490 g/mol. The number of carbonyl (C=O) groups excluding carboxylic acids is 2. The number of amides is 2. The lowest BCUT2D eigenvalue weighted by molar-refractivity contribution is -0.118. The number of nitrogens with one attached hydrogen (secondary N) is 2. The molecule has 0 bridgehead atoms. The molecule has 0 spiro atoms. The minimum Gasteiger partial charge on any atom is -0.495 e. The summed E-state index contributed by atoms with van der Waals surface area (Å²) >= 11 is 0. The van der Waals surface area contributed by atoms with Crippen molar-refractivity contribution in [3.63, 3.8) is 0 Å². The van der Waals surface area contributed by atoms with E-state index in [1.54, 1.807) is 36.4 Å². The van der Waals surface area contributed by atoms with Gasteiger partial charge in [-0.3, -0.25) is 9.59 Å². The quantitative estimate of drug-likeness (QED) is 0.352. The minimum absolute atomic E-state index is 0.237. The summed E-state index contributed by atoms with van der Waals surface area (Å²) < 4.78 is 16.4.